The van der Waals surface area contributed by atoms with Crippen LogP contribution in [0.4, 0.5) is 0 Å². The number of piperidine rings is 1. The van der Waals surface area contributed by atoms with Crippen molar-refractivity contribution in [3.8, 4) is 0 Å². The van der Waals surface area contributed by atoms with Crippen LogP contribution in [-0.4, -0.2) is 48.8 Å². The predicted molar refractivity (Wildman–Crippen MR) is 70.9 cm³/mol. The van der Waals surface area contributed by atoms with Crippen molar-refractivity contribution in [1.29, 1.82) is 0 Å². The van der Waals surface area contributed by atoms with Gasteiger partial charge in [-0.1, -0.05) is 13.8 Å². The summed E-state index contributed by atoms with van der Waals surface area (Å²) in [6.07, 6.45) is 2.30. The van der Waals surface area contributed by atoms with E-state index in [1.165, 1.54) is 0 Å². The molecule has 1 saturated heterocycles. The first-order valence-corrected chi connectivity index (χ1v) is 6.83. The fourth-order valence-electron chi connectivity index (χ4n) is 2.08. The van der Waals surface area contributed by atoms with Crippen LogP contribution < -0.4 is 10.6 Å². The molecule has 0 aliphatic carbocycles. The van der Waals surface area contributed by atoms with Crippen molar-refractivity contribution in [3.05, 3.63) is 0 Å². The Balaban J connectivity index is 2.29. The van der Waals surface area contributed by atoms with Gasteiger partial charge in [-0.2, -0.15) is 0 Å². The van der Waals surface area contributed by atoms with Gasteiger partial charge < -0.3 is 20.5 Å². The van der Waals surface area contributed by atoms with Gasteiger partial charge in [0, 0.05) is 0 Å². The van der Waals surface area contributed by atoms with Crippen LogP contribution in [0.25, 0.3) is 0 Å². The Labute approximate surface area is 113 Å². The quantitative estimate of drug-likeness (QED) is 0.623. The Bertz CT molecular complexity index is 301. The van der Waals surface area contributed by atoms with Gasteiger partial charge in [0.15, 0.2) is 0 Å². The normalized spacial score (nSPS) is 18.3. The summed E-state index contributed by atoms with van der Waals surface area (Å²) in [6.45, 7) is 5.59. The van der Waals surface area contributed by atoms with E-state index >= 15 is 0 Å². The Morgan fingerprint density at radius 2 is 2.00 bits per heavy atom. The van der Waals surface area contributed by atoms with Crippen LogP contribution in [0.15, 0.2) is 0 Å². The summed E-state index contributed by atoms with van der Waals surface area (Å²) in [7, 11) is 0. The lowest BCUT2D eigenvalue weighted by Gasteiger charge is -2.23. The fraction of sp³-hybridized carbons (Fsp3) is 0.846. The van der Waals surface area contributed by atoms with E-state index in [2.05, 4.69) is 10.6 Å². The van der Waals surface area contributed by atoms with Crippen molar-refractivity contribution in [2.45, 2.75) is 45.3 Å². The van der Waals surface area contributed by atoms with E-state index in [4.69, 9.17) is 9.84 Å². The highest BCUT2D eigenvalue weighted by Crippen LogP contribution is 2.07. The molecule has 1 aliphatic heterocycles. The molecular formula is C13H24N2O4. The van der Waals surface area contributed by atoms with E-state index < -0.39 is 12.0 Å². The lowest BCUT2D eigenvalue weighted by Crippen LogP contribution is -2.44. The number of carbonyl (C=O) groups excluding carboxylic acids is 1. The Morgan fingerprint density at radius 3 is 2.53 bits per heavy atom. The zero-order valence-electron chi connectivity index (χ0n) is 11.6. The summed E-state index contributed by atoms with van der Waals surface area (Å²) in [5.74, 6) is -1.14. The largest absolute Gasteiger partial charge is 0.480 e. The minimum absolute atomic E-state index is 0.0630. The fourth-order valence-corrected chi connectivity index (χ4v) is 2.08. The molecule has 0 aromatic rings. The summed E-state index contributed by atoms with van der Waals surface area (Å²) in [6, 6.07) is -0.830. The number of carbonyl (C=O) groups is 2. The second-order valence-corrected chi connectivity index (χ2v) is 5.35. The molecular weight excluding hydrogens is 248 g/mol. The molecule has 6 heteroatoms. The number of amides is 1. The third-order valence-corrected chi connectivity index (χ3v) is 3.08. The summed E-state index contributed by atoms with van der Waals surface area (Å²) < 4.78 is 5.49. The maximum Gasteiger partial charge on any atom is 0.326 e. The van der Waals surface area contributed by atoms with Gasteiger partial charge in [-0.25, -0.2) is 4.79 Å². The maximum atomic E-state index is 11.7. The summed E-state index contributed by atoms with van der Waals surface area (Å²) in [4.78, 5) is 22.7. The summed E-state index contributed by atoms with van der Waals surface area (Å²) in [5, 5.41) is 14.7. The minimum Gasteiger partial charge on any atom is -0.480 e. The van der Waals surface area contributed by atoms with Crippen LogP contribution in [0, 0.1) is 5.92 Å². The van der Waals surface area contributed by atoms with Crippen LogP contribution in [0.2, 0.25) is 0 Å². The molecule has 110 valence electrons. The Kier molecular flexibility index (Phi) is 6.80. The van der Waals surface area contributed by atoms with Crippen LogP contribution in [0.5, 0.6) is 0 Å². The average molecular weight is 272 g/mol. The Hall–Kier alpha value is -1.14. The van der Waals surface area contributed by atoms with Gasteiger partial charge >= 0.3 is 5.97 Å². The van der Waals surface area contributed by atoms with E-state index in [1.54, 1.807) is 0 Å². The number of nitrogens with one attached hydrogen (secondary N) is 2. The zero-order chi connectivity index (χ0) is 14.3. The number of ether oxygens (including phenoxy) is 1. The van der Waals surface area contributed by atoms with E-state index in [1.807, 2.05) is 13.8 Å². The standard InChI is InChI=1S/C13H24N2O4/c1-9(2)7-11(13(17)18)15-12(16)8-19-10-3-5-14-6-4-10/h9-11,14H,3-8H2,1-2H3,(H,15,16)(H,17,18)/t11-/m0/s1. The lowest BCUT2D eigenvalue weighted by molar-refractivity contribution is -0.143. The number of carboxylic acid groups (broad SMARTS) is 1. The van der Waals surface area contributed by atoms with Crippen molar-refractivity contribution < 1.29 is 19.4 Å². The Morgan fingerprint density at radius 1 is 1.37 bits per heavy atom. The molecule has 1 heterocycles. The molecule has 0 spiro atoms. The minimum atomic E-state index is -0.996. The van der Waals surface area contributed by atoms with Gasteiger partial charge in [0.1, 0.15) is 12.6 Å². The number of aliphatic carboxylic acids is 1. The third-order valence-electron chi connectivity index (χ3n) is 3.08. The van der Waals surface area contributed by atoms with Gasteiger partial charge in [-0.15, -0.1) is 0 Å². The van der Waals surface area contributed by atoms with Gasteiger partial charge in [-0.3, -0.25) is 4.79 Å². The van der Waals surface area contributed by atoms with E-state index in [-0.39, 0.29) is 24.5 Å². The van der Waals surface area contributed by atoms with Crippen molar-refractivity contribution in [1.82, 2.24) is 10.6 Å². The molecule has 0 radical (unpaired) electrons. The van der Waals surface area contributed by atoms with Crippen LogP contribution >= 0.6 is 0 Å². The lowest BCUT2D eigenvalue weighted by atomic mass is 10.0. The molecule has 6 nitrogen and oxygen atoms in total. The second kappa shape index (κ2) is 8.12. The first kappa shape index (κ1) is 15.9. The molecule has 1 amide bonds. The molecule has 0 aromatic carbocycles. The third kappa shape index (κ3) is 6.54. The van der Waals surface area contributed by atoms with Crippen molar-refractivity contribution in [2.75, 3.05) is 19.7 Å². The molecule has 1 atom stereocenters. The summed E-state index contributed by atoms with van der Waals surface area (Å²) >= 11 is 0. The molecule has 0 bridgehead atoms. The van der Waals surface area contributed by atoms with Crippen molar-refractivity contribution >= 4 is 11.9 Å². The first-order valence-electron chi connectivity index (χ1n) is 6.83. The number of hydrogen-bond acceptors (Lipinski definition) is 4. The topological polar surface area (TPSA) is 87.7 Å². The van der Waals surface area contributed by atoms with Gasteiger partial charge in [-0.05, 0) is 38.3 Å². The number of rotatable bonds is 7. The molecule has 3 N–H and O–H groups in total. The van der Waals surface area contributed by atoms with Crippen LogP contribution in [0.3, 0.4) is 0 Å². The smallest absolute Gasteiger partial charge is 0.326 e. The first-order chi connectivity index (χ1) is 8.99. The molecule has 0 aromatic heterocycles. The number of hydrogen-bond donors (Lipinski definition) is 3. The molecule has 1 fully saturated rings. The van der Waals surface area contributed by atoms with Crippen molar-refractivity contribution in [3.63, 3.8) is 0 Å². The monoisotopic (exact) mass is 272 g/mol. The predicted octanol–water partition coefficient (Wildman–Crippen LogP) is 0.371. The highest BCUT2D eigenvalue weighted by Gasteiger charge is 2.22. The van der Waals surface area contributed by atoms with Gasteiger partial charge in [0.05, 0.1) is 6.10 Å². The van der Waals surface area contributed by atoms with Crippen molar-refractivity contribution in [2.24, 2.45) is 5.92 Å². The van der Waals surface area contributed by atoms with Crippen LogP contribution in [-0.2, 0) is 14.3 Å². The van der Waals surface area contributed by atoms with Gasteiger partial charge in [0.2, 0.25) is 5.91 Å². The maximum absolute atomic E-state index is 11.7. The SMILES string of the molecule is CC(C)C[C@H](NC(=O)COC1CCNCC1)C(=O)O. The molecule has 1 aliphatic rings. The highest BCUT2D eigenvalue weighted by atomic mass is 16.5. The van der Waals surface area contributed by atoms with E-state index in [0.29, 0.717) is 6.42 Å². The molecule has 0 saturated carbocycles. The molecule has 0 unspecified atom stereocenters. The van der Waals surface area contributed by atoms with E-state index in [0.717, 1.165) is 25.9 Å². The average Bonchev–Trinajstić information content (AvgIpc) is 2.36. The summed E-state index contributed by atoms with van der Waals surface area (Å²) in [5.41, 5.74) is 0. The highest BCUT2D eigenvalue weighted by molar-refractivity contribution is 5.84. The number of carboxylic acids is 1. The van der Waals surface area contributed by atoms with Crippen LogP contribution in [0.1, 0.15) is 33.1 Å². The second-order valence-electron chi connectivity index (χ2n) is 5.35. The van der Waals surface area contributed by atoms with E-state index in [9.17, 15) is 9.59 Å². The zero-order valence-corrected chi connectivity index (χ0v) is 11.6. The van der Waals surface area contributed by atoms with Gasteiger partial charge in [0.25, 0.3) is 0 Å². The molecule has 1 rings (SSSR count). The molecule has 19 heavy (non-hydrogen) atoms.